The SMILES string of the molecule is CN1CCC(CN)(c2ccc(F)cc2)CC1(C)C. The van der Waals surface area contributed by atoms with Crippen molar-refractivity contribution in [1.82, 2.24) is 4.90 Å². The highest BCUT2D eigenvalue weighted by atomic mass is 19.1. The number of halogens is 1. The Labute approximate surface area is 109 Å². The van der Waals surface area contributed by atoms with Gasteiger partial charge in [0.05, 0.1) is 0 Å². The average molecular weight is 250 g/mol. The first-order valence-electron chi connectivity index (χ1n) is 6.57. The number of piperidine rings is 1. The van der Waals surface area contributed by atoms with Gasteiger partial charge in [-0.15, -0.1) is 0 Å². The number of hydrogen-bond donors (Lipinski definition) is 1. The summed E-state index contributed by atoms with van der Waals surface area (Å²) >= 11 is 0. The Hall–Kier alpha value is -0.930. The number of likely N-dealkylation sites (tertiary alicyclic amines) is 1. The largest absolute Gasteiger partial charge is 0.330 e. The molecule has 1 aromatic rings. The number of nitrogens with two attached hydrogens (primary N) is 1. The van der Waals surface area contributed by atoms with E-state index in [4.69, 9.17) is 5.73 Å². The summed E-state index contributed by atoms with van der Waals surface area (Å²) < 4.78 is 13.1. The van der Waals surface area contributed by atoms with Gasteiger partial charge in [0, 0.05) is 17.5 Å². The topological polar surface area (TPSA) is 29.3 Å². The van der Waals surface area contributed by atoms with Crippen LogP contribution >= 0.6 is 0 Å². The van der Waals surface area contributed by atoms with E-state index in [2.05, 4.69) is 25.8 Å². The molecule has 1 atom stereocenters. The Morgan fingerprint density at radius 3 is 2.39 bits per heavy atom. The maximum atomic E-state index is 13.1. The van der Waals surface area contributed by atoms with Gasteiger partial charge >= 0.3 is 0 Å². The number of rotatable bonds is 2. The molecule has 0 spiro atoms. The molecule has 100 valence electrons. The molecule has 0 radical (unpaired) electrons. The molecular weight excluding hydrogens is 227 g/mol. The lowest BCUT2D eigenvalue weighted by atomic mass is 9.67. The van der Waals surface area contributed by atoms with Crippen LogP contribution in [0.15, 0.2) is 24.3 Å². The second-order valence-corrected chi connectivity index (χ2v) is 6.15. The van der Waals surface area contributed by atoms with Crippen LogP contribution in [0.2, 0.25) is 0 Å². The van der Waals surface area contributed by atoms with E-state index in [1.807, 2.05) is 12.1 Å². The molecule has 1 aliphatic rings. The van der Waals surface area contributed by atoms with Crippen molar-refractivity contribution in [1.29, 1.82) is 0 Å². The molecule has 0 aromatic heterocycles. The second-order valence-electron chi connectivity index (χ2n) is 6.15. The van der Waals surface area contributed by atoms with Crippen molar-refractivity contribution in [3.05, 3.63) is 35.6 Å². The minimum Gasteiger partial charge on any atom is -0.330 e. The smallest absolute Gasteiger partial charge is 0.123 e. The highest BCUT2D eigenvalue weighted by Crippen LogP contribution is 2.41. The number of hydrogen-bond acceptors (Lipinski definition) is 2. The van der Waals surface area contributed by atoms with Crippen LogP contribution in [0.4, 0.5) is 4.39 Å². The fourth-order valence-corrected chi connectivity index (χ4v) is 3.08. The van der Waals surface area contributed by atoms with Gasteiger partial charge in [-0.3, -0.25) is 0 Å². The molecule has 0 bridgehead atoms. The van der Waals surface area contributed by atoms with Crippen LogP contribution in [0.1, 0.15) is 32.3 Å². The van der Waals surface area contributed by atoms with Crippen molar-refractivity contribution in [3.63, 3.8) is 0 Å². The molecule has 2 N–H and O–H groups in total. The molecule has 2 rings (SSSR count). The lowest BCUT2D eigenvalue weighted by Crippen LogP contribution is -2.55. The summed E-state index contributed by atoms with van der Waals surface area (Å²) in [5.41, 5.74) is 7.36. The monoisotopic (exact) mass is 250 g/mol. The van der Waals surface area contributed by atoms with Gasteiger partial charge in [0.25, 0.3) is 0 Å². The van der Waals surface area contributed by atoms with Crippen LogP contribution in [-0.2, 0) is 5.41 Å². The van der Waals surface area contributed by atoms with Crippen molar-refractivity contribution >= 4 is 0 Å². The van der Waals surface area contributed by atoms with E-state index >= 15 is 0 Å². The molecule has 0 aliphatic carbocycles. The summed E-state index contributed by atoms with van der Waals surface area (Å²) in [6, 6.07) is 6.86. The van der Waals surface area contributed by atoms with Gasteiger partial charge in [-0.25, -0.2) is 4.39 Å². The molecular formula is C15H23FN2. The first-order chi connectivity index (χ1) is 8.39. The molecule has 1 aromatic carbocycles. The third kappa shape index (κ3) is 2.29. The maximum absolute atomic E-state index is 13.1. The maximum Gasteiger partial charge on any atom is 0.123 e. The average Bonchev–Trinajstić information content (AvgIpc) is 2.34. The molecule has 1 aliphatic heterocycles. The molecule has 0 saturated carbocycles. The third-order valence-corrected chi connectivity index (χ3v) is 4.58. The molecule has 1 heterocycles. The molecule has 1 saturated heterocycles. The number of nitrogens with zero attached hydrogens (tertiary/aromatic N) is 1. The summed E-state index contributed by atoms with van der Waals surface area (Å²) in [5, 5.41) is 0. The van der Waals surface area contributed by atoms with Crippen molar-refractivity contribution in [2.45, 2.75) is 37.6 Å². The van der Waals surface area contributed by atoms with Crippen LogP contribution in [-0.4, -0.2) is 30.6 Å². The molecule has 2 nitrogen and oxygen atoms in total. The van der Waals surface area contributed by atoms with Crippen LogP contribution in [0.25, 0.3) is 0 Å². The zero-order valence-corrected chi connectivity index (χ0v) is 11.5. The van der Waals surface area contributed by atoms with Crippen molar-refractivity contribution < 1.29 is 4.39 Å². The Kier molecular flexibility index (Phi) is 3.47. The van der Waals surface area contributed by atoms with Crippen LogP contribution < -0.4 is 5.73 Å². The Balaban J connectivity index is 2.34. The summed E-state index contributed by atoms with van der Waals surface area (Å²) in [6.07, 6.45) is 2.05. The minimum absolute atomic E-state index is 0.0102. The summed E-state index contributed by atoms with van der Waals surface area (Å²) in [5.74, 6) is -0.182. The van der Waals surface area contributed by atoms with Gasteiger partial charge < -0.3 is 10.6 Å². The molecule has 18 heavy (non-hydrogen) atoms. The molecule has 1 fully saturated rings. The zero-order chi connectivity index (χ0) is 13.4. The lowest BCUT2D eigenvalue weighted by molar-refractivity contribution is 0.0567. The van der Waals surface area contributed by atoms with E-state index < -0.39 is 0 Å². The van der Waals surface area contributed by atoms with Gasteiger partial charge in [0.15, 0.2) is 0 Å². The van der Waals surface area contributed by atoms with E-state index in [9.17, 15) is 4.39 Å². The highest BCUT2D eigenvalue weighted by Gasteiger charge is 2.42. The van der Waals surface area contributed by atoms with E-state index in [1.165, 1.54) is 17.7 Å². The molecule has 3 heteroatoms. The zero-order valence-electron chi connectivity index (χ0n) is 11.5. The van der Waals surface area contributed by atoms with Gasteiger partial charge in [-0.1, -0.05) is 12.1 Å². The van der Waals surface area contributed by atoms with Crippen molar-refractivity contribution in [3.8, 4) is 0 Å². The van der Waals surface area contributed by atoms with Crippen molar-refractivity contribution in [2.24, 2.45) is 5.73 Å². The normalized spacial score (nSPS) is 28.3. The summed E-state index contributed by atoms with van der Waals surface area (Å²) in [7, 11) is 2.16. The number of benzene rings is 1. The highest BCUT2D eigenvalue weighted by molar-refractivity contribution is 5.28. The summed E-state index contributed by atoms with van der Waals surface area (Å²) in [6.45, 7) is 6.15. The van der Waals surface area contributed by atoms with E-state index in [0.717, 1.165) is 19.4 Å². The van der Waals surface area contributed by atoms with Gasteiger partial charge in [0.2, 0.25) is 0 Å². The van der Waals surface area contributed by atoms with E-state index in [1.54, 1.807) is 0 Å². The first-order valence-corrected chi connectivity index (χ1v) is 6.57. The Morgan fingerprint density at radius 1 is 1.28 bits per heavy atom. The molecule has 1 unspecified atom stereocenters. The Bertz CT molecular complexity index is 413. The first kappa shape index (κ1) is 13.5. The third-order valence-electron chi connectivity index (χ3n) is 4.58. The fourth-order valence-electron chi connectivity index (χ4n) is 3.08. The Morgan fingerprint density at radius 2 is 1.89 bits per heavy atom. The van der Waals surface area contributed by atoms with Gasteiger partial charge in [0.1, 0.15) is 5.82 Å². The van der Waals surface area contributed by atoms with Crippen LogP contribution in [0.5, 0.6) is 0 Å². The lowest BCUT2D eigenvalue weighted by Gasteiger charge is -2.50. The quantitative estimate of drug-likeness (QED) is 0.874. The van der Waals surface area contributed by atoms with Gasteiger partial charge in [-0.2, -0.15) is 0 Å². The van der Waals surface area contributed by atoms with Crippen LogP contribution in [0.3, 0.4) is 0 Å². The predicted molar refractivity (Wildman–Crippen MR) is 73.1 cm³/mol. The van der Waals surface area contributed by atoms with E-state index in [0.29, 0.717) is 6.54 Å². The van der Waals surface area contributed by atoms with Gasteiger partial charge in [-0.05, 0) is 58.0 Å². The fraction of sp³-hybridized carbons (Fsp3) is 0.600. The van der Waals surface area contributed by atoms with E-state index in [-0.39, 0.29) is 16.8 Å². The van der Waals surface area contributed by atoms with Crippen molar-refractivity contribution in [2.75, 3.05) is 20.1 Å². The summed E-state index contributed by atoms with van der Waals surface area (Å²) in [4.78, 5) is 2.38. The molecule has 0 amide bonds. The second kappa shape index (κ2) is 4.63. The predicted octanol–water partition coefficient (Wildman–Crippen LogP) is 2.53. The standard InChI is InChI=1S/C15H23FN2/c1-14(2)10-15(11-17,8-9-18(14)3)12-4-6-13(16)7-5-12/h4-7H,8-11,17H2,1-3H3. The minimum atomic E-state index is -0.182. The van der Waals surface area contributed by atoms with Crippen LogP contribution in [0, 0.1) is 5.82 Å².